The summed E-state index contributed by atoms with van der Waals surface area (Å²) in [6, 6.07) is 32.8. The number of carbonyl (C=O) groups is 7. The minimum absolute atomic E-state index is 0.0103. The number of benzene rings is 6. The van der Waals surface area contributed by atoms with E-state index in [9.17, 15) is 33.6 Å². The maximum absolute atomic E-state index is 12.2. The van der Waals surface area contributed by atoms with Crippen molar-refractivity contribution in [2.75, 3.05) is 54.8 Å². The second-order valence-electron chi connectivity index (χ2n) is 19.5. The molecule has 0 atom stereocenters. The van der Waals surface area contributed by atoms with Crippen molar-refractivity contribution in [3.8, 4) is 34.5 Å². The van der Waals surface area contributed by atoms with E-state index in [0.29, 0.717) is 53.0 Å². The summed E-state index contributed by atoms with van der Waals surface area (Å²) in [5.41, 5.74) is 9.20. The number of nitrogens with one attached hydrogen (secondary N) is 1. The number of fused-ring (bicyclic) bond motifs is 3. The second kappa shape index (κ2) is 32.3. The first kappa shape index (κ1) is 68.0. The van der Waals surface area contributed by atoms with E-state index >= 15 is 0 Å². The average Bonchev–Trinajstić information content (AvgIpc) is 4.31. The Morgan fingerprint density at radius 1 is 0.518 bits per heavy atom. The highest BCUT2D eigenvalue weighted by Gasteiger charge is 2.31. The van der Waals surface area contributed by atoms with Gasteiger partial charge >= 0.3 is 5.97 Å². The number of ketones is 3. The van der Waals surface area contributed by atoms with Gasteiger partial charge in [0.05, 0.1) is 60.1 Å². The Balaban J connectivity index is 0.000000216. The largest absolute Gasteiger partial charge is 0.497 e. The number of esters is 1. The van der Waals surface area contributed by atoms with Gasteiger partial charge in [-0.3, -0.25) is 33.6 Å². The van der Waals surface area contributed by atoms with Gasteiger partial charge in [0.15, 0.2) is 24.1 Å². The number of Topliss-reactive ketones (excluding diaryl/α,β-unsaturated/α-hetero) is 3. The van der Waals surface area contributed by atoms with Crippen molar-refractivity contribution in [1.29, 1.82) is 0 Å². The third-order valence-electron chi connectivity index (χ3n) is 12.7. The number of rotatable bonds is 13. The number of nitrogens with zero attached hydrogens (tertiary/aromatic N) is 2. The summed E-state index contributed by atoms with van der Waals surface area (Å²) < 4.78 is 36.2. The summed E-state index contributed by atoms with van der Waals surface area (Å²) in [7, 11) is 9.51. The third kappa shape index (κ3) is 19.3. The molecule has 442 valence electrons. The highest BCUT2D eigenvalue weighted by atomic mass is 79.9. The molecule has 17 nitrogen and oxygen atoms in total. The first-order chi connectivity index (χ1) is 39.4. The molecule has 0 spiro atoms. The van der Waals surface area contributed by atoms with Crippen molar-refractivity contribution in [2.24, 2.45) is 5.41 Å². The van der Waals surface area contributed by atoms with Crippen LogP contribution in [0.15, 0.2) is 114 Å². The first-order valence-corrected chi connectivity index (χ1v) is 28.8. The molecular weight excluding hydrogens is 1260 g/mol. The maximum atomic E-state index is 12.2. The highest BCUT2D eigenvalue weighted by Crippen LogP contribution is 2.30. The Bertz CT molecular complexity index is 3230. The van der Waals surface area contributed by atoms with Crippen LogP contribution in [0, 0.1) is 12.3 Å². The number of ether oxygens (including phenoxy) is 7. The summed E-state index contributed by atoms with van der Waals surface area (Å²) in [5.74, 6) is 4.01. The van der Waals surface area contributed by atoms with Gasteiger partial charge in [-0.25, -0.2) is 0 Å². The summed E-state index contributed by atoms with van der Waals surface area (Å²) in [6.45, 7) is 13.6. The van der Waals surface area contributed by atoms with Gasteiger partial charge in [-0.15, -0.1) is 0 Å². The molecule has 3 aliphatic rings. The van der Waals surface area contributed by atoms with Crippen molar-refractivity contribution in [1.82, 2.24) is 15.1 Å². The van der Waals surface area contributed by atoms with E-state index in [4.69, 9.17) is 33.2 Å². The zero-order chi connectivity index (χ0) is 61.7. The molecule has 6 aromatic carbocycles. The minimum Gasteiger partial charge on any atom is -0.497 e. The van der Waals surface area contributed by atoms with Crippen molar-refractivity contribution >= 4 is 88.8 Å². The second-order valence-corrected chi connectivity index (χ2v) is 21.5. The van der Waals surface area contributed by atoms with Crippen LogP contribution >= 0.6 is 47.8 Å². The molecule has 0 saturated carbocycles. The Kier molecular flexibility index (Phi) is 26.5. The van der Waals surface area contributed by atoms with E-state index in [2.05, 4.69) is 53.1 Å². The summed E-state index contributed by atoms with van der Waals surface area (Å²) in [5, 5.41) is 3.43. The molecule has 0 saturated heterocycles. The number of halogens is 3. The van der Waals surface area contributed by atoms with Gasteiger partial charge in [-0.1, -0.05) is 78.1 Å². The van der Waals surface area contributed by atoms with Crippen LogP contribution in [0.3, 0.4) is 0 Å². The Labute approximate surface area is 510 Å². The molecule has 0 fully saturated rings. The molecule has 0 unspecified atom stereocenters. The quantitative estimate of drug-likeness (QED) is 0.0495. The number of carbonyl (C=O) groups excluding carboxylic acids is 7. The maximum Gasteiger partial charge on any atom is 0.312 e. The van der Waals surface area contributed by atoms with Gasteiger partial charge in [-0.2, -0.15) is 0 Å². The topological polar surface area (TPSA) is 203 Å². The lowest BCUT2D eigenvalue weighted by molar-refractivity contribution is -0.156. The van der Waals surface area contributed by atoms with E-state index in [-0.39, 0.29) is 47.8 Å². The van der Waals surface area contributed by atoms with Gasteiger partial charge in [0.2, 0.25) is 0 Å². The predicted molar refractivity (Wildman–Crippen MR) is 328 cm³/mol. The molecule has 3 aliphatic heterocycles. The third-order valence-corrected chi connectivity index (χ3v) is 14.6. The molecule has 0 aromatic heterocycles. The molecule has 0 radical (unpaired) electrons. The van der Waals surface area contributed by atoms with Gasteiger partial charge < -0.3 is 48.3 Å². The van der Waals surface area contributed by atoms with Crippen LogP contribution in [-0.4, -0.2) is 106 Å². The van der Waals surface area contributed by atoms with E-state index < -0.39 is 5.41 Å². The summed E-state index contributed by atoms with van der Waals surface area (Å²) >= 11 is 9.90. The predicted octanol–water partition coefficient (Wildman–Crippen LogP) is 12.8. The van der Waals surface area contributed by atoms with E-state index in [0.717, 1.165) is 77.5 Å². The van der Waals surface area contributed by atoms with Crippen molar-refractivity contribution in [2.45, 2.75) is 73.4 Å². The SMILES string of the molecule is COc1ccc(Br)c(C(C)=O)c1.COc1ccc(C)c(C(C)=O)c1.COc1ccc(CBr)c(C(C)=O)c1.COc1ccc2c(c1)C(=O)N(CBr)C2.COc1ccc2c(c1)C(=O)N(COC(=O)C(C)(C)C)C2.COc1ccc2c(c1)C(=O)NC2. The number of aryl methyl sites for hydroxylation is 1. The zero-order valence-electron chi connectivity index (χ0n) is 48.9. The lowest BCUT2D eigenvalue weighted by atomic mass is 9.98. The lowest BCUT2D eigenvalue weighted by Crippen LogP contribution is -2.32. The molecule has 20 heteroatoms. The molecule has 9 rings (SSSR count). The number of amides is 3. The fraction of sp³-hybridized carbons (Fsp3) is 0.317. The van der Waals surface area contributed by atoms with Gasteiger partial charge in [0.1, 0.15) is 34.5 Å². The number of hydrogen-bond acceptors (Lipinski definition) is 14. The van der Waals surface area contributed by atoms with Crippen LogP contribution in [0.1, 0.15) is 132 Å². The first-order valence-electron chi connectivity index (χ1n) is 25.7. The Morgan fingerprint density at radius 3 is 1.37 bits per heavy atom. The molecule has 3 amide bonds. The number of methoxy groups -OCH3 is 6. The normalized spacial score (nSPS) is 12.2. The van der Waals surface area contributed by atoms with Crippen molar-refractivity contribution < 1.29 is 66.7 Å². The van der Waals surface area contributed by atoms with Gasteiger partial charge in [0.25, 0.3) is 17.7 Å². The molecule has 1 N–H and O–H groups in total. The molecule has 6 aromatic rings. The Hall–Kier alpha value is -7.55. The average molecular weight is 1330 g/mol. The highest BCUT2D eigenvalue weighted by molar-refractivity contribution is 9.10. The molecule has 3 heterocycles. The van der Waals surface area contributed by atoms with Crippen molar-refractivity contribution in [3.63, 3.8) is 0 Å². The van der Waals surface area contributed by atoms with E-state index in [1.54, 1.807) is 131 Å². The molecular formula is C63H70Br3N3O14. The summed E-state index contributed by atoms with van der Waals surface area (Å²) in [4.78, 5) is 83.4. The number of alkyl halides is 2. The van der Waals surface area contributed by atoms with Crippen LogP contribution in [0.4, 0.5) is 0 Å². The van der Waals surface area contributed by atoms with Crippen LogP contribution in [0.25, 0.3) is 0 Å². The smallest absolute Gasteiger partial charge is 0.312 e. The van der Waals surface area contributed by atoms with Crippen LogP contribution in [0.2, 0.25) is 0 Å². The van der Waals surface area contributed by atoms with Gasteiger partial charge in [0, 0.05) is 56.3 Å². The Morgan fingerprint density at radius 2 is 0.916 bits per heavy atom. The van der Waals surface area contributed by atoms with Crippen LogP contribution in [-0.2, 0) is 34.5 Å². The van der Waals surface area contributed by atoms with E-state index in [1.165, 1.54) is 11.8 Å². The summed E-state index contributed by atoms with van der Waals surface area (Å²) in [6.07, 6.45) is 0. The fourth-order valence-electron chi connectivity index (χ4n) is 7.94. The molecule has 0 bridgehead atoms. The fourth-order valence-corrected chi connectivity index (χ4v) is 9.36. The lowest BCUT2D eigenvalue weighted by Gasteiger charge is -2.20. The minimum atomic E-state index is -0.571. The van der Waals surface area contributed by atoms with Crippen LogP contribution < -0.4 is 33.7 Å². The zero-order valence-corrected chi connectivity index (χ0v) is 53.6. The molecule has 0 aliphatic carbocycles. The van der Waals surface area contributed by atoms with E-state index in [1.807, 2.05) is 67.6 Å². The standard InChI is InChI=1S/C15H19NO4.C10H10BrNO2.C10H11BrO2.C10H12O2.C9H9BrO2.C9H9NO2/c1-15(2,3)14(18)20-9-16-8-10-5-6-11(19-4)7-12(10)13(16)17;1-14-8-3-2-7-5-12(6-11)10(13)9(7)4-8;1-7(12)10-5-9(13-2)4-3-8(10)6-11;1-7-4-5-9(12-3)6-10(7)8(2)11;1-6(11)8-5-7(12-2)3-4-9(8)10;1-12-7-3-2-6-5-10-9(11)8(6)4-7/h5-7H,8-9H2,1-4H3;2-4H,5-6H2,1H3;3-5H,6H2,1-2H3;4-6H,1-3H3;3-5H,1-2H3;2-4H,5H2,1H3,(H,10,11). The van der Waals surface area contributed by atoms with Crippen molar-refractivity contribution in [3.05, 3.63) is 175 Å². The monoisotopic (exact) mass is 1330 g/mol. The molecule has 83 heavy (non-hydrogen) atoms. The number of hydrogen-bond donors (Lipinski definition) is 1. The van der Waals surface area contributed by atoms with Crippen LogP contribution in [0.5, 0.6) is 34.5 Å². The van der Waals surface area contributed by atoms with Gasteiger partial charge in [-0.05, 0) is 155 Å².